The molecule has 0 saturated heterocycles. The first-order valence-electron chi connectivity index (χ1n) is 5.36. The molecule has 0 amide bonds. The number of ether oxygens (including phenoxy) is 1. The monoisotopic (exact) mass is 204 g/mol. The van der Waals surface area contributed by atoms with Crippen LogP contribution in [0.3, 0.4) is 0 Å². The third-order valence-electron chi connectivity index (χ3n) is 3.31. The van der Waals surface area contributed by atoms with Gasteiger partial charge in [0.15, 0.2) is 5.78 Å². The van der Waals surface area contributed by atoms with Crippen molar-refractivity contribution in [2.45, 2.75) is 26.7 Å². The Balaban J connectivity index is 2.55. The normalized spacial score (nSPS) is 19.9. The van der Waals surface area contributed by atoms with Crippen LogP contribution in [0.25, 0.3) is 0 Å². The lowest BCUT2D eigenvalue weighted by molar-refractivity contribution is 0.0913. The van der Waals surface area contributed by atoms with Gasteiger partial charge in [0.2, 0.25) is 0 Å². The molecule has 15 heavy (non-hydrogen) atoms. The van der Waals surface area contributed by atoms with Crippen LogP contribution in [0.4, 0.5) is 0 Å². The van der Waals surface area contributed by atoms with Crippen molar-refractivity contribution in [2.24, 2.45) is 5.92 Å². The highest BCUT2D eigenvalue weighted by Gasteiger charge is 2.25. The molecule has 2 nitrogen and oxygen atoms in total. The lowest BCUT2D eigenvalue weighted by Gasteiger charge is -2.22. The first-order valence-corrected chi connectivity index (χ1v) is 5.36. The number of Topliss-reactive ketones (excluding diaryl/α,β-unsaturated/α-hetero) is 1. The van der Waals surface area contributed by atoms with Gasteiger partial charge in [-0.25, -0.2) is 0 Å². The van der Waals surface area contributed by atoms with Gasteiger partial charge in [-0.15, -0.1) is 0 Å². The quantitative estimate of drug-likeness (QED) is 0.703. The number of hydrogen-bond acceptors (Lipinski definition) is 2. The molecule has 1 aliphatic rings. The molecule has 0 heterocycles. The van der Waals surface area contributed by atoms with Gasteiger partial charge in [0.25, 0.3) is 0 Å². The van der Waals surface area contributed by atoms with Crippen LogP contribution in [-0.2, 0) is 6.42 Å². The van der Waals surface area contributed by atoms with Gasteiger partial charge in [-0.05, 0) is 43.0 Å². The van der Waals surface area contributed by atoms with E-state index in [-0.39, 0.29) is 11.7 Å². The van der Waals surface area contributed by atoms with Crippen molar-refractivity contribution in [3.63, 3.8) is 0 Å². The zero-order valence-corrected chi connectivity index (χ0v) is 9.46. The molecular formula is C13H16O2. The van der Waals surface area contributed by atoms with Crippen LogP contribution in [0.1, 0.15) is 34.8 Å². The summed E-state index contributed by atoms with van der Waals surface area (Å²) in [6.07, 6.45) is 1.95. The van der Waals surface area contributed by atoms with Gasteiger partial charge in [-0.1, -0.05) is 6.92 Å². The van der Waals surface area contributed by atoms with E-state index in [1.165, 1.54) is 5.56 Å². The van der Waals surface area contributed by atoms with Crippen molar-refractivity contribution in [3.05, 3.63) is 28.8 Å². The van der Waals surface area contributed by atoms with Gasteiger partial charge in [0.1, 0.15) is 5.75 Å². The summed E-state index contributed by atoms with van der Waals surface area (Å²) in [5.41, 5.74) is 3.19. The van der Waals surface area contributed by atoms with E-state index in [0.717, 1.165) is 29.7 Å². The largest absolute Gasteiger partial charge is 0.496 e. The van der Waals surface area contributed by atoms with Gasteiger partial charge in [-0.2, -0.15) is 0 Å². The number of benzene rings is 1. The number of methoxy groups -OCH3 is 1. The highest BCUT2D eigenvalue weighted by atomic mass is 16.5. The number of carbonyl (C=O) groups excluding carboxylic acids is 1. The van der Waals surface area contributed by atoms with Gasteiger partial charge in [-0.3, -0.25) is 4.79 Å². The molecule has 0 aliphatic heterocycles. The van der Waals surface area contributed by atoms with Crippen molar-refractivity contribution < 1.29 is 9.53 Å². The molecule has 0 bridgehead atoms. The van der Waals surface area contributed by atoms with Crippen LogP contribution < -0.4 is 4.74 Å². The smallest absolute Gasteiger partial charge is 0.165 e. The third kappa shape index (κ3) is 1.54. The van der Waals surface area contributed by atoms with E-state index < -0.39 is 0 Å². The molecular weight excluding hydrogens is 188 g/mol. The second kappa shape index (κ2) is 3.69. The van der Waals surface area contributed by atoms with E-state index in [1.807, 2.05) is 26.0 Å². The van der Waals surface area contributed by atoms with Crippen LogP contribution in [0.2, 0.25) is 0 Å². The first-order chi connectivity index (χ1) is 7.15. The van der Waals surface area contributed by atoms with Gasteiger partial charge < -0.3 is 4.74 Å². The van der Waals surface area contributed by atoms with E-state index >= 15 is 0 Å². The first kappa shape index (κ1) is 10.2. The number of hydrogen-bond donors (Lipinski definition) is 0. The number of fused-ring (bicyclic) bond motifs is 1. The molecule has 1 aromatic carbocycles. The Morgan fingerprint density at radius 1 is 1.40 bits per heavy atom. The summed E-state index contributed by atoms with van der Waals surface area (Å²) in [4.78, 5) is 11.9. The fourth-order valence-corrected chi connectivity index (χ4v) is 2.27. The fourth-order valence-electron chi connectivity index (χ4n) is 2.27. The Morgan fingerprint density at radius 2 is 2.13 bits per heavy atom. The summed E-state index contributed by atoms with van der Waals surface area (Å²) in [7, 11) is 1.67. The minimum atomic E-state index is 0.172. The zero-order chi connectivity index (χ0) is 11.0. The van der Waals surface area contributed by atoms with Crippen molar-refractivity contribution in [2.75, 3.05) is 7.11 Å². The highest BCUT2D eigenvalue weighted by Crippen LogP contribution is 2.32. The Labute approximate surface area is 90.3 Å². The lowest BCUT2D eigenvalue weighted by atomic mass is 9.82. The molecule has 0 radical (unpaired) electrons. The summed E-state index contributed by atoms with van der Waals surface area (Å²) in [5.74, 6) is 1.34. The van der Waals surface area contributed by atoms with Gasteiger partial charge in [0, 0.05) is 11.5 Å². The molecule has 1 atom stereocenters. The Kier molecular flexibility index (Phi) is 2.51. The second-order valence-electron chi connectivity index (χ2n) is 4.22. The minimum Gasteiger partial charge on any atom is -0.496 e. The second-order valence-corrected chi connectivity index (χ2v) is 4.22. The molecule has 1 aliphatic carbocycles. The van der Waals surface area contributed by atoms with Crippen molar-refractivity contribution in [1.29, 1.82) is 0 Å². The topological polar surface area (TPSA) is 26.3 Å². The number of ketones is 1. The average molecular weight is 204 g/mol. The summed E-state index contributed by atoms with van der Waals surface area (Å²) in [6.45, 7) is 4.03. The van der Waals surface area contributed by atoms with Gasteiger partial charge in [0.05, 0.1) is 7.11 Å². The predicted molar refractivity (Wildman–Crippen MR) is 59.5 cm³/mol. The van der Waals surface area contributed by atoms with Crippen molar-refractivity contribution in [3.8, 4) is 5.75 Å². The van der Waals surface area contributed by atoms with E-state index in [1.54, 1.807) is 7.11 Å². The summed E-state index contributed by atoms with van der Waals surface area (Å²) >= 11 is 0. The Bertz CT molecular complexity index is 407. The van der Waals surface area contributed by atoms with E-state index in [9.17, 15) is 4.79 Å². The van der Waals surface area contributed by atoms with Gasteiger partial charge >= 0.3 is 0 Å². The lowest BCUT2D eigenvalue weighted by Crippen LogP contribution is -2.20. The Morgan fingerprint density at radius 3 is 2.80 bits per heavy atom. The third-order valence-corrected chi connectivity index (χ3v) is 3.31. The van der Waals surface area contributed by atoms with E-state index in [2.05, 4.69) is 0 Å². The molecule has 1 unspecified atom stereocenters. The van der Waals surface area contributed by atoms with Crippen LogP contribution in [0, 0.1) is 12.8 Å². The minimum absolute atomic E-state index is 0.172. The SMILES string of the molecule is COc1ccc2c(c1C)CCC(C)C2=O. The summed E-state index contributed by atoms with van der Waals surface area (Å²) in [6, 6.07) is 3.79. The molecule has 0 N–H and O–H groups in total. The van der Waals surface area contributed by atoms with Crippen molar-refractivity contribution in [1.82, 2.24) is 0 Å². The molecule has 0 saturated carbocycles. The predicted octanol–water partition coefficient (Wildman–Crippen LogP) is 2.77. The molecule has 0 aromatic heterocycles. The fraction of sp³-hybridized carbons (Fsp3) is 0.462. The number of carbonyl (C=O) groups is 1. The maximum absolute atomic E-state index is 11.9. The van der Waals surface area contributed by atoms with E-state index in [0.29, 0.717) is 0 Å². The van der Waals surface area contributed by atoms with Crippen LogP contribution >= 0.6 is 0 Å². The highest BCUT2D eigenvalue weighted by molar-refractivity contribution is 6.00. The number of rotatable bonds is 1. The van der Waals surface area contributed by atoms with E-state index in [4.69, 9.17) is 4.74 Å². The molecule has 1 aromatic rings. The van der Waals surface area contributed by atoms with Crippen LogP contribution in [0.5, 0.6) is 5.75 Å². The summed E-state index contributed by atoms with van der Waals surface area (Å²) in [5, 5.41) is 0. The maximum atomic E-state index is 11.9. The zero-order valence-electron chi connectivity index (χ0n) is 9.46. The maximum Gasteiger partial charge on any atom is 0.165 e. The molecule has 0 fully saturated rings. The average Bonchev–Trinajstić information content (AvgIpc) is 2.24. The molecule has 0 spiro atoms. The Hall–Kier alpha value is -1.31. The molecule has 2 heteroatoms. The summed E-state index contributed by atoms with van der Waals surface area (Å²) < 4.78 is 5.26. The van der Waals surface area contributed by atoms with Crippen LogP contribution in [-0.4, -0.2) is 12.9 Å². The standard InChI is InChI=1S/C13H16O2/c1-8-4-5-10-9(2)12(15-3)7-6-11(10)13(8)14/h6-8H,4-5H2,1-3H3. The molecule has 80 valence electrons. The van der Waals surface area contributed by atoms with Crippen molar-refractivity contribution >= 4 is 5.78 Å². The molecule has 2 rings (SSSR count). The van der Waals surface area contributed by atoms with Crippen LogP contribution in [0.15, 0.2) is 12.1 Å².